The Morgan fingerprint density at radius 1 is 1.33 bits per heavy atom. The summed E-state index contributed by atoms with van der Waals surface area (Å²) in [5.74, 6) is 0.182. The van der Waals surface area contributed by atoms with Crippen LogP contribution in [0.15, 0.2) is 29.4 Å². The molecule has 2 rings (SSSR count). The van der Waals surface area contributed by atoms with Crippen LogP contribution in [0.25, 0.3) is 0 Å². The van der Waals surface area contributed by atoms with E-state index >= 15 is 0 Å². The fourth-order valence-corrected chi connectivity index (χ4v) is 2.63. The van der Waals surface area contributed by atoms with E-state index in [1.807, 2.05) is 18.2 Å². The Morgan fingerprint density at radius 2 is 2.11 bits per heavy atom. The first kappa shape index (κ1) is 12.7. The molecule has 1 fully saturated rings. The molecule has 0 radical (unpaired) electrons. The van der Waals surface area contributed by atoms with Gasteiger partial charge < -0.3 is 15.8 Å². The minimum absolute atomic E-state index is 0.182. The Labute approximate surface area is 108 Å². The van der Waals surface area contributed by atoms with Gasteiger partial charge in [0.2, 0.25) is 0 Å². The lowest BCUT2D eigenvalue weighted by atomic mass is 10.1. The number of amidine groups is 1. The van der Waals surface area contributed by atoms with Crippen LogP contribution in [0.1, 0.15) is 38.2 Å². The van der Waals surface area contributed by atoms with Gasteiger partial charge in [0.1, 0.15) is 0 Å². The van der Waals surface area contributed by atoms with Crippen LogP contribution in [-0.2, 0) is 0 Å². The zero-order chi connectivity index (χ0) is 13.0. The van der Waals surface area contributed by atoms with Crippen molar-refractivity contribution in [3.05, 3.63) is 29.8 Å². The van der Waals surface area contributed by atoms with Gasteiger partial charge in [-0.25, -0.2) is 0 Å². The lowest BCUT2D eigenvalue weighted by Crippen LogP contribution is -2.34. The Morgan fingerprint density at radius 3 is 2.89 bits per heavy atom. The van der Waals surface area contributed by atoms with Crippen LogP contribution in [0.3, 0.4) is 0 Å². The molecule has 1 aliphatic heterocycles. The van der Waals surface area contributed by atoms with E-state index in [1.54, 1.807) is 0 Å². The molecule has 1 atom stereocenters. The Hall–Kier alpha value is -1.71. The van der Waals surface area contributed by atoms with Crippen LogP contribution < -0.4 is 10.6 Å². The largest absolute Gasteiger partial charge is 0.409 e. The summed E-state index contributed by atoms with van der Waals surface area (Å²) < 4.78 is 0. The number of para-hydroxylation sites is 1. The molecule has 0 bridgehead atoms. The molecule has 98 valence electrons. The van der Waals surface area contributed by atoms with Gasteiger partial charge in [0, 0.05) is 23.8 Å². The smallest absolute Gasteiger partial charge is 0.172 e. The molecule has 0 amide bonds. The Balaban J connectivity index is 2.36. The monoisotopic (exact) mass is 247 g/mol. The molecular formula is C14H21N3O. The first-order valence-electron chi connectivity index (χ1n) is 6.57. The number of rotatable bonds is 2. The van der Waals surface area contributed by atoms with Gasteiger partial charge in [0.25, 0.3) is 0 Å². The van der Waals surface area contributed by atoms with Gasteiger partial charge in [-0.1, -0.05) is 30.1 Å². The average molecular weight is 247 g/mol. The van der Waals surface area contributed by atoms with Crippen molar-refractivity contribution in [2.45, 2.75) is 38.6 Å². The van der Waals surface area contributed by atoms with Gasteiger partial charge in [-0.05, 0) is 31.9 Å². The van der Waals surface area contributed by atoms with Crippen LogP contribution >= 0.6 is 0 Å². The maximum atomic E-state index is 8.88. The Kier molecular flexibility index (Phi) is 4.07. The van der Waals surface area contributed by atoms with E-state index in [0.717, 1.165) is 17.8 Å². The van der Waals surface area contributed by atoms with Gasteiger partial charge in [0.15, 0.2) is 5.84 Å². The summed E-state index contributed by atoms with van der Waals surface area (Å²) in [5.41, 5.74) is 7.64. The molecule has 0 spiro atoms. The second-order valence-corrected chi connectivity index (χ2v) is 4.89. The van der Waals surface area contributed by atoms with Crippen molar-refractivity contribution in [2.75, 3.05) is 11.4 Å². The molecule has 4 heteroatoms. The summed E-state index contributed by atoms with van der Waals surface area (Å²) in [6.45, 7) is 3.28. The van der Waals surface area contributed by atoms with Crippen LogP contribution in [0.5, 0.6) is 0 Å². The average Bonchev–Trinajstić information content (AvgIpc) is 2.62. The van der Waals surface area contributed by atoms with Crippen molar-refractivity contribution in [1.82, 2.24) is 0 Å². The van der Waals surface area contributed by atoms with E-state index in [2.05, 4.69) is 23.0 Å². The lowest BCUT2D eigenvalue weighted by molar-refractivity contribution is 0.318. The topological polar surface area (TPSA) is 61.8 Å². The first-order valence-corrected chi connectivity index (χ1v) is 6.57. The number of oxime groups is 1. The third-order valence-corrected chi connectivity index (χ3v) is 3.65. The second-order valence-electron chi connectivity index (χ2n) is 4.89. The van der Waals surface area contributed by atoms with E-state index in [4.69, 9.17) is 10.9 Å². The summed E-state index contributed by atoms with van der Waals surface area (Å²) in [6.07, 6.45) is 4.97. The standard InChI is InChI=1S/C14H21N3O/c1-11-7-3-2-6-10-17(11)13-9-5-4-8-12(13)14(15)16-18/h4-5,8-9,11,18H,2-3,6-7,10H2,1H3,(H2,15,16). The number of nitrogens with zero attached hydrogens (tertiary/aromatic N) is 2. The van der Waals surface area contributed by atoms with Crippen molar-refractivity contribution < 1.29 is 5.21 Å². The van der Waals surface area contributed by atoms with Crippen molar-refractivity contribution in [3.8, 4) is 0 Å². The lowest BCUT2D eigenvalue weighted by Gasteiger charge is -2.31. The van der Waals surface area contributed by atoms with Crippen molar-refractivity contribution in [3.63, 3.8) is 0 Å². The molecule has 1 aliphatic rings. The number of nitrogens with two attached hydrogens (primary N) is 1. The molecule has 4 nitrogen and oxygen atoms in total. The number of hydrogen-bond acceptors (Lipinski definition) is 3. The maximum absolute atomic E-state index is 8.88. The van der Waals surface area contributed by atoms with E-state index < -0.39 is 0 Å². The molecule has 1 aromatic rings. The molecule has 1 aromatic carbocycles. The van der Waals surface area contributed by atoms with Crippen LogP contribution in [0.4, 0.5) is 5.69 Å². The number of anilines is 1. The predicted molar refractivity (Wildman–Crippen MR) is 74.2 cm³/mol. The highest BCUT2D eigenvalue weighted by molar-refractivity contribution is 6.02. The van der Waals surface area contributed by atoms with E-state index in [0.29, 0.717) is 6.04 Å². The Bertz CT molecular complexity index is 431. The zero-order valence-electron chi connectivity index (χ0n) is 10.8. The zero-order valence-corrected chi connectivity index (χ0v) is 10.8. The van der Waals surface area contributed by atoms with Crippen molar-refractivity contribution in [2.24, 2.45) is 10.9 Å². The quantitative estimate of drug-likeness (QED) is 0.365. The van der Waals surface area contributed by atoms with Gasteiger partial charge in [-0.15, -0.1) is 0 Å². The first-order chi connectivity index (χ1) is 8.74. The molecule has 1 unspecified atom stereocenters. The van der Waals surface area contributed by atoms with Crippen LogP contribution in [0, 0.1) is 0 Å². The summed E-state index contributed by atoms with van der Waals surface area (Å²) >= 11 is 0. The fraction of sp³-hybridized carbons (Fsp3) is 0.500. The van der Waals surface area contributed by atoms with E-state index in [9.17, 15) is 0 Å². The second kappa shape index (κ2) is 5.76. The van der Waals surface area contributed by atoms with Crippen molar-refractivity contribution in [1.29, 1.82) is 0 Å². The molecule has 1 heterocycles. The highest BCUT2D eigenvalue weighted by atomic mass is 16.4. The highest BCUT2D eigenvalue weighted by Gasteiger charge is 2.20. The SMILES string of the molecule is CC1CCCCCN1c1ccccc1C(N)=NO. The number of hydrogen-bond donors (Lipinski definition) is 2. The molecule has 0 aromatic heterocycles. The molecular weight excluding hydrogens is 226 g/mol. The number of benzene rings is 1. The predicted octanol–water partition coefficient (Wildman–Crippen LogP) is 2.55. The fourth-order valence-electron chi connectivity index (χ4n) is 2.63. The molecule has 18 heavy (non-hydrogen) atoms. The normalized spacial score (nSPS) is 21.7. The van der Waals surface area contributed by atoms with Gasteiger partial charge >= 0.3 is 0 Å². The third-order valence-electron chi connectivity index (χ3n) is 3.65. The highest BCUT2D eigenvalue weighted by Crippen LogP contribution is 2.27. The summed E-state index contributed by atoms with van der Waals surface area (Å²) in [7, 11) is 0. The van der Waals surface area contributed by atoms with Crippen LogP contribution in [0.2, 0.25) is 0 Å². The van der Waals surface area contributed by atoms with Gasteiger partial charge in [-0.3, -0.25) is 0 Å². The molecule has 0 saturated carbocycles. The van der Waals surface area contributed by atoms with Crippen molar-refractivity contribution >= 4 is 11.5 Å². The third kappa shape index (κ3) is 2.58. The summed E-state index contributed by atoms with van der Waals surface area (Å²) in [4.78, 5) is 2.38. The maximum Gasteiger partial charge on any atom is 0.172 e. The molecule has 0 aliphatic carbocycles. The summed E-state index contributed by atoms with van der Waals surface area (Å²) in [6, 6.07) is 8.37. The van der Waals surface area contributed by atoms with E-state index in [-0.39, 0.29) is 5.84 Å². The van der Waals surface area contributed by atoms with Gasteiger partial charge in [-0.2, -0.15) is 0 Å². The summed E-state index contributed by atoms with van der Waals surface area (Å²) in [5, 5.41) is 12.0. The van der Waals surface area contributed by atoms with Gasteiger partial charge in [0.05, 0.1) is 0 Å². The molecule has 3 N–H and O–H groups in total. The minimum Gasteiger partial charge on any atom is -0.409 e. The molecule has 1 saturated heterocycles. The van der Waals surface area contributed by atoms with E-state index in [1.165, 1.54) is 25.7 Å². The minimum atomic E-state index is 0.182. The van der Waals surface area contributed by atoms with Crippen LogP contribution in [-0.4, -0.2) is 23.6 Å².